The summed E-state index contributed by atoms with van der Waals surface area (Å²) in [6.07, 6.45) is 1.31. The van der Waals surface area contributed by atoms with Gasteiger partial charge in [0.1, 0.15) is 5.56 Å². The monoisotopic (exact) mass is 273 g/mol. The van der Waals surface area contributed by atoms with Gasteiger partial charge in [0.05, 0.1) is 5.75 Å². The van der Waals surface area contributed by atoms with Crippen LogP contribution in [0.15, 0.2) is 17.1 Å². The van der Waals surface area contributed by atoms with E-state index >= 15 is 0 Å². The molecule has 3 N–H and O–H groups in total. The van der Waals surface area contributed by atoms with Gasteiger partial charge in [-0.1, -0.05) is 0 Å². The van der Waals surface area contributed by atoms with Crippen molar-refractivity contribution in [3.8, 4) is 0 Å². The lowest BCUT2D eigenvalue weighted by molar-refractivity contribution is 0.0954. The fourth-order valence-electron chi connectivity index (χ4n) is 1.25. The van der Waals surface area contributed by atoms with Gasteiger partial charge in [-0.2, -0.15) is 0 Å². The molecule has 1 amide bonds. The number of H-pyrrole nitrogens is 1. The second kappa shape index (κ2) is 5.78. The van der Waals surface area contributed by atoms with E-state index in [9.17, 15) is 18.0 Å². The number of nitrogens with one attached hydrogen (secondary N) is 3. The number of amides is 1. The largest absolute Gasteiger partial charge is 0.364 e. The van der Waals surface area contributed by atoms with Gasteiger partial charge in [0, 0.05) is 24.5 Å². The van der Waals surface area contributed by atoms with Crippen LogP contribution in [0.3, 0.4) is 0 Å². The molecule has 0 aromatic carbocycles. The molecule has 1 heterocycles. The smallest absolute Gasteiger partial charge is 0.256 e. The van der Waals surface area contributed by atoms with Crippen LogP contribution in [0.4, 0.5) is 0 Å². The van der Waals surface area contributed by atoms with Crippen LogP contribution >= 0.6 is 0 Å². The van der Waals surface area contributed by atoms with Crippen LogP contribution in [0.1, 0.15) is 16.1 Å². The highest BCUT2D eigenvalue weighted by Crippen LogP contribution is 1.92. The average Bonchev–Trinajstić information content (AvgIpc) is 2.28. The number of aromatic amines is 1. The van der Waals surface area contributed by atoms with E-state index in [1.54, 1.807) is 6.92 Å². The number of carbonyl (C=O) groups excluding carboxylic acids is 1. The summed E-state index contributed by atoms with van der Waals surface area (Å²) in [6.45, 7) is 1.64. The third-order valence-electron chi connectivity index (χ3n) is 2.27. The molecule has 0 aliphatic carbocycles. The molecular weight excluding hydrogens is 258 g/mol. The van der Waals surface area contributed by atoms with Crippen molar-refractivity contribution in [1.82, 2.24) is 15.0 Å². The minimum absolute atomic E-state index is 0.0394. The van der Waals surface area contributed by atoms with Crippen molar-refractivity contribution in [2.75, 3.05) is 19.3 Å². The minimum atomic E-state index is -3.36. The normalized spacial score (nSPS) is 11.2. The van der Waals surface area contributed by atoms with Crippen molar-refractivity contribution in [1.29, 1.82) is 0 Å². The Kier molecular flexibility index (Phi) is 4.62. The number of sulfonamides is 1. The standard InChI is InChI=1S/C10H15N3O4S/c1-7-5-9(14)8(6-13-7)10(15)12-3-4-18(16,17)11-2/h5-6,11H,3-4H2,1-2H3,(H,12,15)(H,13,14). The summed E-state index contributed by atoms with van der Waals surface area (Å²) < 4.78 is 24.3. The molecule has 18 heavy (non-hydrogen) atoms. The van der Waals surface area contributed by atoms with E-state index < -0.39 is 21.4 Å². The van der Waals surface area contributed by atoms with Crippen molar-refractivity contribution < 1.29 is 13.2 Å². The number of aryl methyl sites for hydroxylation is 1. The highest BCUT2D eigenvalue weighted by Gasteiger charge is 2.12. The van der Waals surface area contributed by atoms with Gasteiger partial charge < -0.3 is 10.3 Å². The highest BCUT2D eigenvalue weighted by molar-refractivity contribution is 7.89. The number of hydrogen-bond donors (Lipinski definition) is 3. The molecule has 0 saturated carbocycles. The molecular formula is C10H15N3O4S. The summed E-state index contributed by atoms with van der Waals surface area (Å²) in [5.74, 6) is -0.832. The van der Waals surface area contributed by atoms with Gasteiger partial charge in [-0.05, 0) is 14.0 Å². The molecule has 100 valence electrons. The second-order valence-electron chi connectivity index (χ2n) is 3.67. The Morgan fingerprint density at radius 2 is 2.11 bits per heavy atom. The first-order chi connectivity index (χ1) is 8.35. The zero-order valence-electron chi connectivity index (χ0n) is 10.1. The van der Waals surface area contributed by atoms with Crippen LogP contribution in [0, 0.1) is 6.92 Å². The van der Waals surface area contributed by atoms with Gasteiger partial charge in [0.2, 0.25) is 10.0 Å². The number of rotatable bonds is 5. The Labute approximate surface area is 105 Å². The van der Waals surface area contributed by atoms with Crippen LogP contribution in [0.5, 0.6) is 0 Å². The van der Waals surface area contributed by atoms with Gasteiger partial charge in [-0.15, -0.1) is 0 Å². The molecule has 0 aliphatic rings. The van der Waals surface area contributed by atoms with E-state index in [2.05, 4.69) is 15.0 Å². The maximum Gasteiger partial charge on any atom is 0.256 e. The molecule has 0 radical (unpaired) electrons. The second-order valence-corrected chi connectivity index (χ2v) is 5.72. The molecule has 0 bridgehead atoms. The van der Waals surface area contributed by atoms with Gasteiger partial charge in [-0.25, -0.2) is 13.1 Å². The predicted octanol–water partition coefficient (Wildman–Crippen LogP) is -1.04. The van der Waals surface area contributed by atoms with Gasteiger partial charge in [0.15, 0.2) is 5.43 Å². The van der Waals surface area contributed by atoms with E-state index in [0.717, 1.165) is 0 Å². The van der Waals surface area contributed by atoms with Crippen molar-refractivity contribution in [2.45, 2.75) is 6.92 Å². The topological polar surface area (TPSA) is 108 Å². The Hall–Kier alpha value is -1.67. The first-order valence-electron chi connectivity index (χ1n) is 5.24. The molecule has 0 unspecified atom stereocenters. The Morgan fingerprint density at radius 1 is 1.44 bits per heavy atom. The summed E-state index contributed by atoms with van der Waals surface area (Å²) >= 11 is 0. The number of hydrogen-bond acceptors (Lipinski definition) is 4. The molecule has 1 aromatic heterocycles. The Balaban J connectivity index is 2.64. The van der Waals surface area contributed by atoms with Crippen LogP contribution in [-0.2, 0) is 10.0 Å². The molecule has 0 fully saturated rings. The molecule has 1 rings (SSSR count). The van der Waals surface area contributed by atoms with Gasteiger partial charge >= 0.3 is 0 Å². The maximum atomic E-state index is 11.6. The maximum absolute atomic E-state index is 11.6. The summed E-state index contributed by atoms with van der Waals surface area (Å²) in [4.78, 5) is 25.8. The molecule has 1 aromatic rings. The van der Waals surface area contributed by atoms with E-state index in [0.29, 0.717) is 5.69 Å². The van der Waals surface area contributed by atoms with E-state index in [1.165, 1.54) is 19.3 Å². The predicted molar refractivity (Wildman–Crippen MR) is 67.0 cm³/mol. The zero-order chi connectivity index (χ0) is 13.8. The number of carbonyl (C=O) groups is 1. The number of aromatic nitrogens is 1. The van der Waals surface area contributed by atoms with E-state index in [1.807, 2.05) is 0 Å². The molecule has 8 heteroatoms. The van der Waals surface area contributed by atoms with Crippen LogP contribution in [-0.4, -0.2) is 38.7 Å². The third kappa shape index (κ3) is 3.97. The summed E-state index contributed by atoms with van der Waals surface area (Å²) in [6, 6.07) is 1.30. The molecule has 0 aliphatic heterocycles. The zero-order valence-corrected chi connectivity index (χ0v) is 10.9. The average molecular weight is 273 g/mol. The molecule has 7 nitrogen and oxygen atoms in total. The third-order valence-corrected chi connectivity index (χ3v) is 3.63. The molecule has 0 atom stereocenters. The SMILES string of the molecule is CNS(=O)(=O)CCNC(=O)c1c[nH]c(C)cc1=O. The van der Waals surface area contributed by atoms with Crippen molar-refractivity contribution >= 4 is 15.9 Å². The van der Waals surface area contributed by atoms with Gasteiger partial charge in [0.25, 0.3) is 5.91 Å². The lowest BCUT2D eigenvalue weighted by Crippen LogP contribution is -2.35. The van der Waals surface area contributed by atoms with Crippen LogP contribution in [0.2, 0.25) is 0 Å². The first kappa shape index (κ1) is 14.4. The highest BCUT2D eigenvalue weighted by atomic mass is 32.2. The van der Waals surface area contributed by atoms with Crippen molar-refractivity contribution in [3.63, 3.8) is 0 Å². The quantitative estimate of drug-likeness (QED) is 0.637. The van der Waals surface area contributed by atoms with Crippen LogP contribution in [0.25, 0.3) is 0 Å². The fraction of sp³-hybridized carbons (Fsp3) is 0.400. The van der Waals surface area contributed by atoms with Crippen molar-refractivity contribution in [2.24, 2.45) is 0 Å². The lowest BCUT2D eigenvalue weighted by Gasteiger charge is -2.05. The Bertz CT molecular complexity index is 591. The Morgan fingerprint density at radius 3 is 2.67 bits per heavy atom. The summed E-state index contributed by atoms with van der Waals surface area (Å²) in [7, 11) is -2.07. The molecule has 0 spiro atoms. The minimum Gasteiger partial charge on any atom is -0.364 e. The van der Waals surface area contributed by atoms with Crippen LogP contribution < -0.4 is 15.5 Å². The lowest BCUT2D eigenvalue weighted by atomic mass is 10.2. The fourth-order valence-corrected chi connectivity index (χ4v) is 1.82. The number of pyridine rings is 1. The molecule has 0 saturated heterocycles. The van der Waals surface area contributed by atoms with E-state index in [4.69, 9.17) is 0 Å². The first-order valence-corrected chi connectivity index (χ1v) is 6.89. The summed E-state index contributed by atoms with van der Waals surface area (Å²) in [5, 5.41) is 2.37. The van der Waals surface area contributed by atoms with Gasteiger partial charge in [-0.3, -0.25) is 9.59 Å². The van der Waals surface area contributed by atoms with Crippen molar-refractivity contribution in [3.05, 3.63) is 33.7 Å². The summed E-state index contributed by atoms with van der Waals surface area (Å²) in [5.41, 5.74) is 0.206. The van der Waals surface area contributed by atoms with E-state index in [-0.39, 0.29) is 17.9 Å².